The maximum Gasteiger partial charge on any atom is 0.249 e. The third-order valence-corrected chi connectivity index (χ3v) is 4.32. The van der Waals surface area contributed by atoms with E-state index >= 15 is 0 Å². The normalized spacial score (nSPS) is 24.1. The summed E-state index contributed by atoms with van der Waals surface area (Å²) in [5, 5.41) is 2.86. The molecule has 1 aliphatic carbocycles. The van der Waals surface area contributed by atoms with E-state index in [4.69, 9.17) is 0 Å². The lowest BCUT2D eigenvalue weighted by Gasteiger charge is -2.25. The van der Waals surface area contributed by atoms with E-state index in [1.54, 1.807) is 4.90 Å². The predicted octanol–water partition coefficient (Wildman–Crippen LogP) is 2.08. The zero-order valence-corrected chi connectivity index (χ0v) is 12.0. The predicted molar refractivity (Wildman–Crippen MR) is 75.8 cm³/mol. The van der Waals surface area contributed by atoms with Crippen LogP contribution < -0.4 is 10.2 Å². The Kier molecular flexibility index (Phi) is 3.31. The number of carbonyl (C=O) groups is 2. The Morgan fingerprint density at radius 1 is 1.21 bits per heavy atom. The fourth-order valence-corrected chi connectivity index (χ4v) is 2.96. The van der Waals surface area contributed by atoms with Crippen LogP contribution in [0.3, 0.4) is 0 Å². The van der Waals surface area contributed by atoms with Crippen molar-refractivity contribution in [2.45, 2.75) is 25.3 Å². The summed E-state index contributed by atoms with van der Waals surface area (Å²) in [5.74, 6) is 0.305. The average Bonchev–Trinajstić information content (AvgIpc) is 3.21. The number of para-hydroxylation sites is 1. The van der Waals surface area contributed by atoms with Crippen molar-refractivity contribution in [1.29, 1.82) is 0 Å². The Morgan fingerprint density at radius 3 is 2.63 bits per heavy atom. The molecular formula is C14H15BrN2O2. The molecule has 2 fully saturated rings. The summed E-state index contributed by atoms with van der Waals surface area (Å²) in [6.07, 6.45) is 2.41. The van der Waals surface area contributed by atoms with Crippen molar-refractivity contribution >= 4 is 33.4 Å². The van der Waals surface area contributed by atoms with Gasteiger partial charge in [0.05, 0.1) is 5.69 Å². The van der Waals surface area contributed by atoms with E-state index in [2.05, 4.69) is 21.2 Å². The van der Waals surface area contributed by atoms with Crippen LogP contribution in [0.25, 0.3) is 0 Å². The maximum absolute atomic E-state index is 12.6. The number of rotatable bonds is 2. The second-order valence-corrected chi connectivity index (χ2v) is 5.93. The summed E-state index contributed by atoms with van der Waals surface area (Å²) in [7, 11) is 0. The first-order valence-corrected chi connectivity index (χ1v) is 7.31. The summed E-state index contributed by atoms with van der Waals surface area (Å²) >= 11 is 3.47. The smallest absolute Gasteiger partial charge is 0.249 e. The number of nitrogens with zero attached hydrogens (tertiary/aromatic N) is 1. The first kappa shape index (κ1) is 12.7. The zero-order chi connectivity index (χ0) is 13.4. The lowest BCUT2D eigenvalue weighted by Crippen LogP contribution is -2.46. The summed E-state index contributed by atoms with van der Waals surface area (Å²) in [5.41, 5.74) is 0.842. The molecule has 0 aromatic heterocycles. The fraction of sp³-hybridized carbons (Fsp3) is 0.429. The van der Waals surface area contributed by atoms with Crippen LogP contribution >= 0.6 is 15.9 Å². The SMILES string of the molecule is O=C1CCN(c2ccccc2Br)C(=O)C(C2CC2)N1. The van der Waals surface area contributed by atoms with Crippen molar-refractivity contribution in [2.24, 2.45) is 5.92 Å². The molecule has 1 unspecified atom stereocenters. The second-order valence-electron chi connectivity index (χ2n) is 5.07. The van der Waals surface area contributed by atoms with Gasteiger partial charge in [0.15, 0.2) is 0 Å². The van der Waals surface area contributed by atoms with Gasteiger partial charge in [-0.2, -0.15) is 0 Å². The fourth-order valence-electron chi connectivity index (χ4n) is 2.46. The molecule has 1 aromatic rings. The number of hydrogen-bond acceptors (Lipinski definition) is 2. The summed E-state index contributed by atoms with van der Waals surface area (Å²) in [6.45, 7) is 0.441. The molecule has 1 aromatic carbocycles. The monoisotopic (exact) mass is 322 g/mol. The highest BCUT2D eigenvalue weighted by Crippen LogP contribution is 2.36. The quantitative estimate of drug-likeness (QED) is 0.906. The molecule has 1 aliphatic heterocycles. The van der Waals surface area contributed by atoms with E-state index in [0.717, 1.165) is 23.0 Å². The van der Waals surface area contributed by atoms with Crippen LogP contribution in [0.1, 0.15) is 19.3 Å². The third-order valence-electron chi connectivity index (χ3n) is 3.65. The van der Waals surface area contributed by atoms with Gasteiger partial charge in [0.2, 0.25) is 11.8 Å². The van der Waals surface area contributed by atoms with Crippen LogP contribution in [0.15, 0.2) is 28.7 Å². The second kappa shape index (κ2) is 4.96. The van der Waals surface area contributed by atoms with Gasteiger partial charge in [0, 0.05) is 17.4 Å². The molecule has 1 saturated carbocycles. The van der Waals surface area contributed by atoms with Crippen LogP contribution in [0.5, 0.6) is 0 Å². The minimum absolute atomic E-state index is 0.0141. The highest BCUT2D eigenvalue weighted by molar-refractivity contribution is 9.10. The summed E-state index contributed by atoms with van der Waals surface area (Å²) in [6, 6.07) is 7.29. The van der Waals surface area contributed by atoms with Crippen LogP contribution in [-0.2, 0) is 9.59 Å². The molecule has 0 bridgehead atoms. The van der Waals surface area contributed by atoms with Crippen molar-refractivity contribution in [3.05, 3.63) is 28.7 Å². The van der Waals surface area contributed by atoms with Crippen molar-refractivity contribution in [3.63, 3.8) is 0 Å². The third kappa shape index (κ3) is 2.52. The molecule has 2 aliphatic rings. The maximum atomic E-state index is 12.6. The average molecular weight is 323 g/mol. The molecule has 100 valence electrons. The molecule has 19 heavy (non-hydrogen) atoms. The highest BCUT2D eigenvalue weighted by atomic mass is 79.9. The number of benzene rings is 1. The lowest BCUT2D eigenvalue weighted by atomic mass is 10.1. The number of halogens is 1. The van der Waals surface area contributed by atoms with Crippen LogP contribution in [-0.4, -0.2) is 24.4 Å². The van der Waals surface area contributed by atoms with Crippen molar-refractivity contribution < 1.29 is 9.59 Å². The Labute approximate surface area is 120 Å². The van der Waals surface area contributed by atoms with Gasteiger partial charge < -0.3 is 10.2 Å². The van der Waals surface area contributed by atoms with Crippen molar-refractivity contribution in [3.8, 4) is 0 Å². The van der Waals surface area contributed by atoms with Gasteiger partial charge in [-0.1, -0.05) is 12.1 Å². The molecule has 3 rings (SSSR count). The highest BCUT2D eigenvalue weighted by Gasteiger charge is 2.41. The topological polar surface area (TPSA) is 49.4 Å². The molecule has 2 amide bonds. The number of nitrogens with one attached hydrogen (secondary N) is 1. The van der Waals surface area contributed by atoms with E-state index in [9.17, 15) is 9.59 Å². The molecule has 4 nitrogen and oxygen atoms in total. The standard InChI is InChI=1S/C14H15BrN2O2/c15-10-3-1-2-4-11(10)17-8-7-12(18)16-13(14(17)19)9-5-6-9/h1-4,9,13H,5-8H2,(H,16,18). The van der Waals surface area contributed by atoms with Gasteiger partial charge in [-0.15, -0.1) is 0 Å². The molecular weight excluding hydrogens is 308 g/mol. The first-order valence-electron chi connectivity index (χ1n) is 6.52. The molecule has 0 radical (unpaired) electrons. The Balaban J connectivity index is 1.93. The van der Waals surface area contributed by atoms with Gasteiger partial charge in [0.1, 0.15) is 6.04 Å². The molecule has 0 spiro atoms. The number of hydrogen-bond donors (Lipinski definition) is 1. The van der Waals surface area contributed by atoms with Crippen LogP contribution in [0, 0.1) is 5.92 Å². The summed E-state index contributed by atoms with van der Waals surface area (Å²) in [4.78, 5) is 26.1. The van der Waals surface area contributed by atoms with E-state index < -0.39 is 0 Å². The van der Waals surface area contributed by atoms with E-state index in [1.165, 1.54) is 0 Å². The molecule has 1 N–H and O–H groups in total. The van der Waals surface area contributed by atoms with Gasteiger partial charge in [-0.25, -0.2) is 0 Å². The molecule has 1 atom stereocenters. The number of amides is 2. The van der Waals surface area contributed by atoms with E-state index in [0.29, 0.717) is 18.9 Å². The molecule has 1 heterocycles. The Hall–Kier alpha value is -1.36. The lowest BCUT2D eigenvalue weighted by molar-refractivity contribution is -0.126. The number of anilines is 1. The molecule has 1 saturated heterocycles. The minimum Gasteiger partial charge on any atom is -0.344 e. The minimum atomic E-state index is -0.345. The largest absolute Gasteiger partial charge is 0.344 e. The van der Waals surface area contributed by atoms with Gasteiger partial charge in [-0.05, 0) is 46.8 Å². The summed E-state index contributed by atoms with van der Waals surface area (Å²) < 4.78 is 0.882. The zero-order valence-electron chi connectivity index (χ0n) is 10.4. The number of carbonyl (C=O) groups excluding carboxylic acids is 2. The van der Waals surface area contributed by atoms with Crippen LogP contribution in [0.2, 0.25) is 0 Å². The van der Waals surface area contributed by atoms with E-state index in [1.807, 2.05) is 24.3 Å². The van der Waals surface area contributed by atoms with Crippen LogP contribution in [0.4, 0.5) is 5.69 Å². The van der Waals surface area contributed by atoms with Crippen molar-refractivity contribution in [1.82, 2.24) is 5.32 Å². The molecule has 5 heteroatoms. The van der Waals surface area contributed by atoms with Gasteiger partial charge >= 0.3 is 0 Å². The van der Waals surface area contributed by atoms with Gasteiger partial charge in [-0.3, -0.25) is 9.59 Å². The first-order chi connectivity index (χ1) is 9.16. The van der Waals surface area contributed by atoms with Crippen molar-refractivity contribution in [2.75, 3.05) is 11.4 Å². The Morgan fingerprint density at radius 2 is 1.95 bits per heavy atom. The Bertz CT molecular complexity index is 528. The van der Waals surface area contributed by atoms with E-state index in [-0.39, 0.29) is 17.9 Å². The van der Waals surface area contributed by atoms with Gasteiger partial charge in [0.25, 0.3) is 0 Å².